The van der Waals surface area contributed by atoms with Crippen LogP contribution in [0.25, 0.3) is 0 Å². The van der Waals surface area contributed by atoms with E-state index < -0.39 is 0 Å². The van der Waals surface area contributed by atoms with E-state index in [1.807, 2.05) is 37.3 Å². The Balaban J connectivity index is 2.10. The Bertz CT molecular complexity index is 404. The van der Waals surface area contributed by atoms with E-state index in [9.17, 15) is 4.79 Å². The van der Waals surface area contributed by atoms with Crippen molar-refractivity contribution in [3.05, 3.63) is 35.9 Å². The molecule has 1 aromatic carbocycles. The fourth-order valence-corrected chi connectivity index (χ4v) is 2.57. The van der Waals surface area contributed by atoms with Crippen molar-refractivity contribution in [3.63, 3.8) is 0 Å². The summed E-state index contributed by atoms with van der Waals surface area (Å²) in [5, 5.41) is 3.82. The molecule has 0 spiro atoms. The number of nitrogens with one attached hydrogen (secondary N) is 1. The zero-order valence-electron chi connectivity index (χ0n) is 10.5. The van der Waals surface area contributed by atoms with E-state index in [0.29, 0.717) is 18.5 Å². The molecule has 2 atom stereocenters. The van der Waals surface area contributed by atoms with Gasteiger partial charge in [0, 0.05) is 11.9 Å². The molecule has 1 aromatic rings. The third kappa shape index (κ3) is 2.93. The minimum absolute atomic E-state index is 0.00733. The van der Waals surface area contributed by atoms with E-state index in [0.717, 1.165) is 12.0 Å². The average Bonchev–Trinajstić information content (AvgIpc) is 2.93. The van der Waals surface area contributed by atoms with Crippen molar-refractivity contribution in [2.24, 2.45) is 5.92 Å². The second kappa shape index (κ2) is 5.85. The Labute approximate surface area is 116 Å². The van der Waals surface area contributed by atoms with Crippen LogP contribution in [0.3, 0.4) is 0 Å². The molecule has 1 amide bonds. The number of amides is 1. The molecule has 0 bridgehead atoms. The first-order valence-electron chi connectivity index (χ1n) is 6.17. The van der Waals surface area contributed by atoms with Crippen LogP contribution in [0.15, 0.2) is 30.3 Å². The number of carbonyl (C=O) groups excluding carboxylic acids is 1. The smallest absolute Gasteiger partial charge is 0.226 e. The van der Waals surface area contributed by atoms with Crippen LogP contribution in [0.2, 0.25) is 0 Å². The molecule has 3 nitrogen and oxygen atoms in total. The van der Waals surface area contributed by atoms with Gasteiger partial charge in [0.15, 0.2) is 0 Å². The van der Waals surface area contributed by atoms with Gasteiger partial charge in [0.2, 0.25) is 5.91 Å². The van der Waals surface area contributed by atoms with E-state index in [-0.39, 0.29) is 17.4 Å². The molecule has 98 valence electrons. The predicted octanol–water partition coefficient (Wildman–Crippen LogP) is 2.45. The van der Waals surface area contributed by atoms with E-state index >= 15 is 0 Å². The van der Waals surface area contributed by atoms with Crippen LogP contribution in [-0.2, 0) is 15.1 Å². The number of benzene rings is 1. The van der Waals surface area contributed by atoms with Gasteiger partial charge in [-0.2, -0.15) is 0 Å². The third-order valence-corrected chi connectivity index (χ3v) is 4.50. The van der Waals surface area contributed by atoms with Crippen molar-refractivity contribution in [2.45, 2.75) is 18.9 Å². The molecule has 0 saturated carbocycles. The summed E-state index contributed by atoms with van der Waals surface area (Å²) in [6.07, 6.45) is 0.818. The maximum atomic E-state index is 12.2. The molecule has 1 aliphatic heterocycles. The lowest BCUT2D eigenvalue weighted by Crippen LogP contribution is -2.47. The first-order chi connectivity index (χ1) is 8.65. The molecule has 0 aliphatic carbocycles. The Kier molecular flexibility index (Phi) is 4.40. The fraction of sp³-hybridized carbons (Fsp3) is 0.500. The van der Waals surface area contributed by atoms with Crippen LogP contribution < -0.4 is 5.32 Å². The second-order valence-corrected chi connectivity index (χ2v) is 5.44. The molecule has 1 saturated heterocycles. The summed E-state index contributed by atoms with van der Waals surface area (Å²) in [7, 11) is 0. The first-order valence-corrected chi connectivity index (χ1v) is 7.29. The van der Waals surface area contributed by atoms with Gasteiger partial charge in [-0.15, -0.1) is 0 Å². The summed E-state index contributed by atoms with van der Waals surface area (Å²) in [5.41, 5.74) is 0.732. The number of ether oxygens (including phenoxy) is 1. The van der Waals surface area contributed by atoms with E-state index in [2.05, 4.69) is 21.2 Å². The number of hydrogen-bond acceptors (Lipinski definition) is 2. The lowest BCUT2D eigenvalue weighted by atomic mass is 9.93. The summed E-state index contributed by atoms with van der Waals surface area (Å²) < 4.78 is 5.26. The van der Waals surface area contributed by atoms with Gasteiger partial charge >= 0.3 is 0 Å². The van der Waals surface area contributed by atoms with Crippen molar-refractivity contribution in [1.29, 1.82) is 0 Å². The minimum atomic E-state index is -0.374. The average molecular weight is 312 g/mol. The molecule has 2 unspecified atom stereocenters. The molecule has 18 heavy (non-hydrogen) atoms. The van der Waals surface area contributed by atoms with Crippen LogP contribution in [0.5, 0.6) is 0 Å². The molecule has 4 heteroatoms. The lowest BCUT2D eigenvalue weighted by Gasteiger charge is -2.30. The fourth-order valence-electron chi connectivity index (χ4n) is 2.10. The molecular weight excluding hydrogens is 294 g/mol. The summed E-state index contributed by atoms with van der Waals surface area (Å²) in [5.74, 6) is 0.0744. The van der Waals surface area contributed by atoms with Gasteiger partial charge < -0.3 is 10.1 Å². The molecule has 2 rings (SSSR count). The topological polar surface area (TPSA) is 38.3 Å². The van der Waals surface area contributed by atoms with E-state index in [4.69, 9.17) is 4.74 Å². The normalized spacial score (nSPS) is 22.4. The summed E-state index contributed by atoms with van der Waals surface area (Å²) >= 11 is 3.50. The Morgan fingerprint density at radius 3 is 2.78 bits per heavy atom. The molecule has 1 aliphatic rings. The number of alkyl halides is 1. The number of halogens is 1. The minimum Gasteiger partial charge on any atom is -0.381 e. The second-order valence-electron chi connectivity index (χ2n) is 4.88. The summed E-state index contributed by atoms with van der Waals surface area (Å²) in [4.78, 5) is 12.2. The number of rotatable bonds is 4. The van der Waals surface area contributed by atoms with Gasteiger partial charge in [-0.1, -0.05) is 46.3 Å². The van der Waals surface area contributed by atoms with Crippen molar-refractivity contribution in [2.75, 3.05) is 18.5 Å². The van der Waals surface area contributed by atoms with Gasteiger partial charge in [0.25, 0.3) is 0 Å². The first kappa shape index (κ1) is 13.6. The van der Waals surface area contributed by atoms with Crippen LogP contribution in [0.4, 0.5) is 0 Å². The van der Waals surface area contributed by atoms with Crippen LogP contribution in [0.1, 0.15) is 18.9 Å². The SMILES string of the molecule is CC(CBr)(NC(=O)C1CCOC1)c1ccccc1. The molecule has 1 N–H and O–H groups in total. The molecule has 1 fully saturated rings. The van der Waals surface area contributed by atoms with E-state index in [1.165, 1.54) is 0 Å². The van der Waals surface area contributed by atoms with Crippen LogP contribution >= 0.6 is 15.9 Å². The van der Waals surface area contributed by atoms with Gasteiger partial charge in [-0.05, 0) is 18.9 Å². The highest BCUT2D eigenvalue weighted by Crippen LogP contribution is 2.24. The largest absolute Gasteiger partial charge is 0.381 e. The molecular formula is C14H18BrNO2. The van der Waals surface area contributed by atoms with Crippen molar-refractivity contribution in [1.82, 2.24) is 5.32 Å². The predicted molar refractivity (Wildman–Crippen MR) is 74.7 cm³/mol. The maximum absolute atomic E-state index is 12.2. The van der Waals surface area contributed by atoms with Gasteiger partial charge in [-0.3, -0.25) is 4.79 Å². The number of carbonyl (C=O) groups is 1. The summed E-state index contributed by atoms with van der Waals surface area (Å²) in [6, 6.07) is 10.0. The zero-order chi connectivity index (χ0) is 13.0. The highest BCUT2D eigenvalue weighted by atomic mass is 79.9. The van der Waals surface area contributed by atoms with Crippen LogP contribution in [0, 0.1) is 5.92 Å². The van der Waals surface area contributed by atoms with E-state index in [1.54, 1.807) is 0 Å². The third-order valence-electron chi connectivity index (χ3n) is 3.38. The molecule has 0 aromatic heterocycles. The standard InChI is InChI=1S/C14H18BrNO2/c1-14(10-15,12-5-3-2-4-6-12)16-13(17)11-7-8-18-9-11/h2-6,11H,7-10H2,1H3,(H,16,17). The molecule has 1 heterocycles. The highest BCUT2D eigenvalue weighted by molar-refractivity contribution is 9.09. The van der Waals surface area contributed by atoms with Gasteiger partial charge in [-0.25, -0.2) is 0 Å². The van der Waals surface area contributed by atoms with Crippen molar-refractivity contribution in [3.8, 4) is 0 Å². The van der Waals surface area contributed by atoms with Crippen molar-refractivity contribution >= 4 is 21.8 Å². The van der Waals surface area contributed by atoms with Gasteiger partial charge in [0.05, 0.1) is 18.1 Å². The Hall–Kier alpha value is -0.870. The van der Waals surface area contributed by atoms with Crippen LogP contribution in [-0.4, -0.2) is 24.5 Å². The Morgan fingerprint density at radius 1 is 1.50 bits per heavy atom. The zero-order valence-corrected chi connectivity index (χ0v) is 12.1. The maximum Gasteiger partial charge on any atom is 0.226 e. The molecule has 0 radical (unpaired) electrons. The highest BCUT2D eigenvalue weighted by Gasteiger charge is 2.31. The quantitative estimate of drug-likeness (QED) is 0.867. The Morgan fingerprint density at radius 2 is 2.22 bits per heavy atom. The monoisotopic (exact) mass is 311 g/mol. The number of hydrogen-bond donors (Lipinski definition) is 1. The summed E-state index contributed by atoms with van der Waals surface area (Å²) in [6.45, 7) is 3.26. The van der Waals surface area contributed by atoms with Gasteiger partial charge in [0.1, 0.15) is 0 Å². The lowest BCUT2D eigenvalue weighted by molar-refractivity contribution is -0.126. The van der Waals surface area contributed by atoms with Crippen molar-refractivity contribution < 1.29 is 9.53 Å².